The first kappa shape index (κ1) is 20.4. The summed E-state index contributed by atoms with van der Waals surface area (Å²) in [6.07, 6.45) is -0.605. The van der Waals surface area contributed by atoms with Gasteiger partial charge in [0, 0.05) is 22.0 Å². The number of amides is 1. The van der Waals surface area contributed by atoms with E-state index < -0.39 is 6.17 Å². The molecule has 166 valence electrons. The fourth-order valence-corrected chi connectivity index (χ4v) is 4.62. The lowest BCUT2D eigenvalue weighted by molar-refractivity contribution is 0.0974. The second kappa shape index (κ2) is 8.01. The predicted octanol–water partition coefficient (Wildman–Crippen LogP) is 6.22. The van der Waals surface area contributed by atoms with Crippen molar-refractivity contribution in [3.8, 4) is 5.75 Å². The zero-order valence-corrected chi connectivity index (χ0v) is 19.0. The Hall–Kier alpha value is -4.16. The molecule has 3 aromatic carbocycles. The van der Waals surface area contributed by atoms with Crippen LogP contribution in [0.1, 0.15) is 22.1 Å². The molecular weight excluding hydrogens is 448 g/mol. The zero-order chi connectivity index (χ0) is 23.2. The number of rotatable bonds is 3. The van der Waals surface area contributed by atoms with E-state index in [1.807, 2.05) is 84.9 Å². The average Bonchev–Trinajstić information content (AvgIpc) is 2.87. The zero-order valence-electron chi connectivity index (χ0n) is 18.2. The standard InChI is InChI=1S/C27H19ClN4O2/c1-34-19-11-12-23-17(13-19)15-20(24(28)29-23)26-31-25-21(14-16-7-5-6-10-22(16)30-25)27(33)32(26)18-8-3-2-4-9-18/h2-15,26H,1H3,(H,30,31). The molecule has 0 radical (unpaired) electrons. The van der Waals surface area contributed by atoms with E-state index in [0.29, 0.717) is 27.8 Å². The Labute approximate surface area is 200 Å². The van der Waals surface area contributed by atoms with Gasteiger partial charge in [-0.1, -0.05) is 48.0 Å². The van der Waals surface area contributed by atoms with Crippen molar-refractivity contribution in [2.75, 3.05) is 17.3 Å². The molecule has 0 saturated carbocycles. The lowest BCUT2D eigenvalue weighted by Gasteiger charge is -2.38. The molecule has 1 atom stereocenters. The number of ether oxygens (including phenoxy) is 1. The summed E-state index contributed by atoms with van der Waals surface area (Å²) in [6.45, 7) is 0. The third kappa shape index (κ3) is 3.31. The third-order valence-corrected chi connectivity index (χ3v) is 6.34. The van der Waals surface area contributed by atoms with Gasteiger partial charge in [-0.3, -0.25) is 9.69 Å². The molecule has 0 spiro atoms. The van der Waals surface area contributed by atoms with E-state index in [2.05, 4.69) is 10.3 Å². The predicted molar refractivity (Wildman–Crippen MR) is 135 cm³/mol. The first-order valence-corrected chi connectivity index (χ1v) is 11.2. The largest absolute Gasteiger partial charge is 0.497 e. The number of fused-ring (bicyclic) bond motifs is 3. The molecule has 2 aromatic heterocycles. The van der Waals surface area contributed by atoms with Crippen LogP contribution in [0.3, 0.4) is 0 Å². The summed E-state index contributed by atoms with van der Waals surface area (Å²) in [4.78, 5) is 24.9. The molecule has 3 heterocycles. The van der Waals surface area contributed by atoms with Crippen LogP contribution < -0.4 is 15.0 Å². The second-order valence-corrected chi connectivity index (χ2v) is 8.42. The van der Waals surface area contributed by atoms with Crippen LogP contribution in [-0.4, -0.2) is 23.0 Å². The number of para-hydroxylation sites is 2. The molecule has 1 unspecified atom stereocenters. The molecule has 1 aliphatic rings. The van der Waals surface area contributed by atoms with Crippen molar-refractivity contribution < 1.29 is 9.53 Å². The molecule has 0 bridgehead atoms. The SMILES string of the molecule is COc1ccc2nc(Cl)c(C3Nc4nc5ccccc5cc4C(=O)N3c3ccccc3)cc2c1. The minimum Gasteiger partial charge on any atom is -0.497 e. The molecule has 0 aliphatic carbocycles. The highest BCUT2D eigenvalue weighted by atomic mass is 35.5. The maximum absolute atomic E-state index is 13.9. The topological polar surface area (TPSA) is 67.3 Å². The van der Waals surface area contributed by atoms with Gasteiger partial charge in [0.1, 0.15) is 22.9 Å². The molecule has 1 aliphatic heterocycles. The number of nitrogens with one attached hydrogen (secondary N) is 1. The van der Waals surface area contributed by atoms with Crippen LogP contribution >= 0.6 is 11.6 Å². The van der Waals surface area contributed by atoms with Gasteiger partial charge >= 0.3 is 0 Å². The molecule has 0 fully saturated rings. The molecule has 5 aromatic rings. The average molecular weight is 467 g/mol. The molecule has 1 amide bonds. The van der Waals surface area contributed by atoms with E-state index in [1.54, 1.807) is 12.0 Å². The van der Waals surface area contributed by atoms with Crippen LogP contribution in [0.2, 0.25) is 5.15 Å². The smallest absolute Gasteiger partial charge is 0.264 e. The summed E-state index contributed by atoms with van der Waals surface area (Å²) >= 11 is 6.69. The van der Waals surface area contributed by atoms with Crippen molar-refractivity contribution in [2.45, 2.75) is 6.17 Å². The minimum absolute atomic E-state index is 0.162. The molecule has 0 saturated heterocycles. The number of methoxy groups -OCH3 is 1. The second-order valence-electron chi connectivity index (χ2n) is 8.06. The van der Waals surface area contributed by atoms with E-state index in [0.717, 1.165) is 27.5 Å². The Morgan fingerprint density at radius 3 is 2.47 bits per heavy atom. The third-order valence-electron chi connectivity index (χ3n) is 6.04. The summed E-state index contributed by atoms with van der Waals surface area (Å²) in [7, 11) is 1.62. The Bertz CT molecular complexity index is 1570. The number of carbonyl (C=O) groups is 1. The minimum atomic E-state index is -0.605. The number of benzene rings is 3. The van der Waals surface area contributed by atoms with Crippen molar-refractivity contribution in [2.24, 2.45) is 0 Å². The number of anilines is 2. The Morgan fingerprint density at radius 2 is 1.65 bits per heavy atom. The monoisotopic (exact) mass is 466 g/mol. The fraction of sp³-hybridized carbons (Fsp3) is 0.0741. The van der Waals surface area contributed by atoms with Crippen LogP contribution in [0.4, 0.5) is 11.5 Å². The van der Waals surface area contributed by atoms with Crippen molar-refractivity contribution in [1.82, 2.24) is 9.97 Å². The first-order valence-electron chi connectivity index (χ1n) is 10.8. The van der Waals surface area contributed by atoms with Crippen molar-refractivity contribution >= 4 is 50.8 Å². The van der Waals surface area contributed by atoms with Crippen LogP contribution in [0, 0.1) is 0 Å². The first-order chi connectivity index (χ1) is 16.6. The number of pyridine rings is 2. The molecule has 1 N–H and O–H groups in total. The van der Waals surface area contributed by atoms with Gasteiger partial charge in [0.05, 0.1) is 23.7 Å². The summed E-state index contributed by atoms with van der Waals surface area (Å²) in [5.41, 5.74) is 3.46. The highest BCUT2D eigenvalue weighted by Gasteiger charge is 2.36. The van der Waals surface area contributed by atoms with Crippen molar-refractivity contribution in [3.63, 3.8) is 0 Å². The van der Waals surface area contributed by atoms with Gasteiger partial charge in [-0.2, -0.15) is 0 Å². The van der Waals surface area contributed by atoms with Crippen LogP contribution in [0.15, 0.2) is 84.9 Å². The fourth-order valence-electron chi connectivity index (χ4n) is 4.37. The summed E-state index contributed by atoms with van der Waals surface area (Å²) in [5, 5.41) is 5.53. The van der Waals surface area contributed by atoms with Crippen molar-refractivity contribution in [1.29, 1.82) is 0 Å². The van der Waals surface area contributed by atoms with E-state index >= 15 is 0 Å². The van der Waals surface area contributed by atoms with Gasteiger partial charge in [-0.25, -0.2) is 9.97 Å². The summed E-state index contributed by atoms with van der Waals surface area (Å²) < 4.78 is 5.38. The highest BCUT2D eigenvalue weighted by Crippen LogP contribution is 2.39. The Morgan fingerprint density at radius 1 is 0.882 bits per heavy atom. The van der Waals surface area contributed by atoms with E-state index in [1.165, 1.54) is 0 Å². The van der Waals surface area contributed by atoms with Crippen LogP contribution in [0.5, 0.6) is 5.75 Å². The van der Waals surface area contributed by atoms with Gasteiger partial charge in [0.25, 0.3) is 5.91 Å². The van der Waals surface area contributed by atoms with Gasteiger partial charge in [0.2, 0.25) is 0 Å². The Balaban J connectivity index is 1.57. The molecular formula is C27H19ClN4O2. The number of hydrogen-bond donors (Lipinski definition) is 1. The summed E-state index contributed by atoms with van der Waals surface area (Å²) in [6, 6.07) is 26.7. The van der Waals surface area contributed by atoms with Crippen LogP contribution in [-0.2, 0) is 0 Å². The number of aromatic nitrogens is 2. The number of carbonyl (C=O) groups excluding carboxylic acids is 1. The van der Waals surface area contributed by atoms with Crippen molar-refractivity contribution in [3.05, 3.63) is 101 Å². The van der Waals surface area contributed by atoms with Gasteiger partial charge in [-0.15, -0.1) is 0 Å². The van der Waals surface area contributed by atoms with Gasteiger partial charge in [0.15, 0.2) is 0 Å². The van der Waals surface area contributed by atoms with Gasteiger partial charge < -0.3 is 10.1 Å². The maximum atomic E-state index is 13.9. The molecule has 6 rings (SSSR count). The van der Waals surface area contributed by atoms with E-state index in [-0.39, 0.29) is 5.91 Å². The van der Waals surface area contributed by atoms with Gasteiger partial charge in [-0.05, 0) is 48.5 Å². The summed E-state index contributed by atoms with van der Waals surface area (Å²) in [5.74, 6) is 1.07. The van der Waals surface area contributed by atoms with Crippen LogP contribution in [0.25, 0.3) is 21.8 Å². The molecule has 34 heavy (non-hydrogen) atoms. The normalized spacial score (nSPS) is 15.3. The molecule has 7 heteroatoms. The lowest BCUT2D eigenvalue weighted by Crippen LogP contribution is -2.43. The number of nitrogens with zero attached hydrogens (tertiary/aromatic N) is 3. The number of hydrogen-bond acceptors (Lipinski definition) is 5. The molecule has 6 nitrogen and oxygen atoms in total. The van der Waals surface area contributed by atoms with E-state index in [4.69, 9.17) is 21.3 Å². The Kier molecular flexibility index (Phi) is 4.81. The quantitative estimate of drug-likeness (QED) is 0.320. The highest BCUT2D eigenvalue weighted by molar-refractivity contribution is 6.31. The number of halogens is 1. The maximum Gasteiger partial charge on any atom is 0.264 e. The lowest BCUT2D eigenvalue weighted by atomic mass is 10.0. The van der Waals surface area contributed by atoms with E-state index in [9.17, 15) is 4.79 Å².